The summed E-state index contributed by atoms with van der Waals surface area (Å²) in [5.74, 6) is 0.0466. The van der Waals surface area contributed by atoms with Crippen LogP contribution >= 0.6 is 0 Å². The van der Waals surface area contributed by atoms with Gasteiger partial charge < -0.3 is 10.1 Å². The Labute approximate surface area is 90.4 Å². The number of amides is 1. The first-order valence-electron chi connectivity index (χ1n) is 5.40. The van der Waals surface area contributed by atoms with E-state index in [0.717, 1.165) is 12.8 Å². The molecule has 0 aromatic rings. The number of rotatable bonds is 1. The second kappa shape index (κ2) is 4.64. The summed E-state index contributed by atoms with van der Waals surface area (Å²) in [6.07, 6.45) is 2.05. The second-order valence-corrected chi connectivity index (χ2v) is 4.98. The third-order valence-electron chi connectivity index (χ3n) is 2.22. The molecule has 1 aliphatic carbocycles. The maximum Gasteiger partial charge on any atom is 0.408 e. The summed E-state index contributed by atoms with van der Waals surface area (Å²) in [7, 11) is 0. The van der Waals surface area contributed by atoms with Gasteiger partial charge in [-0.1, -0.05) is 0 Å². The largest absolute Gasteiger partial charge is 0.438 e. The van der Waals surface area contributed by atoms with Gasteiger partial charge in [-0.2, -0.15) is 0 Å². The molecule has 1 amide bonds. The monoisotopic (exact) mass is 213 g/mol. The van der Waals surface area contributed by atoms with E-state index in [1.54, 1.807) is 0 Å². The highest BCUT2D eigenvalue weighted by molar-refractivity contribution is 5.85. The van der Waals surface area contributed by atoms with Crippen LogP contribution in [0, 0.1) is 0 Å². The topological polar surface area (TPSA) is 55.4 Å². The number of alkyl carbamates (subject to hydrolysis) is 1. The summed E-state index contributed by atoms with van der Waals surface area (Å²) < 4.78 is 5.08. The molecule has 15 heavy (non-hydrogen) atoms. The minimum absolute atomic E-state index is 0.0466. The van der Waals surface area contributed by atoms with E-state index < -0.39 is 12.2 Å². The first kappa shape index (κ1) is 12.0. The van der Waals surface area contributed by atoms with Crippen molar-refractivity contribution in [3.63, 3.8) is 0 Å². The minimum atomic E-state index is -0.527. The van der Waals surface area contributed by atoms with Gasteiger partial charge in [-0.05, 0) is 40.0 Å². The Morgan fingerprint density at radius 3 is 2.60 bits per heavy atom. The molecule has 0 spiro atoms. The summed E-state index contributed by atoms with van der Waals surface area (Å²) in [5.41, 5.74) is -0.325. The highest BCUT2D eigenvalue weighted by atomic mass is 16.6. The maximum atomic E-state index is 11.4. The number of hydrogen-bond donors (Lipinski definition) is 1. The predicted molar refractivity (Wildman–Crippen MR) is 56.6 cm³/mol. The van der Waals surface area contributed by atoms with Gasteiger partial charge in [0.05, 0.1) is 0 Å². The van der Waals surface area contributed by atoms with Crippen LogP contribution in [0.4, 0.5) is 4.79 Å². The number of carbonyl (C=O) groups excluding carboxylic acids is 2. The zero-order valence-corrected chi connectivity index (χ0v) is 9.63. The molecule has 1 fully saturated rings. The molecule has 1 aliphatic rings. The molecule has 4 heteroatoms. The van der Waals surface area contributed by atoms with Crippen molar-refractivity contribution in [2.24, 2.45) is 0 Å². The number of Topliss-reactive ketones (excluding diaryl/α,β-unsaturated/α-hetero) is 1. The van der Waals surface area contributed by atoms with Crippen LogP contribution in [0.1, 0.15) is 46.5 Å². The number of nitrogens with one attached hydrogen (secondary N) is 1. The fraction of sp³-hybridized carbons (Fsp3) is 0.818. The summed E-state index contributed by atoms with van der Waals surface area (Å²) in [5, 5.41) is 2.67. The average molecular weight is 213 g/mol. The van der Waals surface area contributed by atoms with Gasteiger partial charge in [-0.3, -0.25) is 4.79 Å². The fourth-order valence-electron chi connectivity index (χ4n) is 1.54. The molecule has 0 bridgehead atoms. The van der Waals surface area contributed by atoms with Crippen molar-refractivity contribution in [3.8, 4) is 0 Å². The summed E-state index contributed by atoms with van der Waals surface area (Å²) >= 11 is 0. The third-order valence-corrected chi connectivity index (χ3v) is 2.22. The molecular formula is C11H19NO3. The lowest BCUT2D eigenvalue weighted by molar-refractivity contribution is -0.129. The Bertz CT molecular complexity index is 255. The highest BCUT2D eigenvalue weighted by Crippen LogP contribution is 2.17. The maximum absolute atomic E-state index is 11.4. The average Bonchev–Trinajstić information content (AvgIpc) is 2.05. The van der Waals surface area contributed by atoms with Crippen LogP contribution in [0.3, 0.4) is 0 Å². The molecule has 0 aromatic carbocycles. The van der Waals surface area contributed by atoms with Gasteiger partial charge >= 0.3 is 6.09 Å². The zero-order valence-electron chi connectivity index (χ0n) is 9.63. The second-order valence-electron chi connectivity index (χ2n) is 4.98. The molecule has 0 heterocycles. The van der Waals surface area contributed by atoms with Crippen LogP contribution in [-0.2, 0) is 9.53 Å². The predicted octanol–water partition coefficient (Wildman–Crippen LogP) is 2.02. The van der Waals surface area contributed by atoms with Crippen LogP contribution in [0.25, 0.3) is 0 Å². The number of hydrogen-bond acceptors (Lipinski definition) is 3. The Balaban J connectivity index is 2.40. The van der Waals surface area contributed by atoms with Crippen molar-refractivity contribution < 1.29 is 14.3 Å². The number of ketones is 1. The van der Waals surface area contributed by atoms with Gasteiger partial charge in [-0.15, -0.1) is 0 Å². The molecule has 0 radical (unpaired) electrons. The summed E-state index contributed by atoms with van der Waals surface area (Å²) in [6, 6.07) is 0. The molecule has 4 nitrogen and oxygen atoms in total. The minimum Gasteiger partial charge on any atom is -0.438 e. The molecule has 0 aliphatic heterocycles. The molecule has 0 saturated heterocycles. The smallest absolute Gasteiger partial charge is 0.408 e. The van der Waals surface area contributed by atoms with Crippen LogP contribution in [0.5, 0.6) is 0 Å². The van der Waals surface area contributed by atoms with Gasteiger partial charge in [0.15, 0.2) is 11.9 Å². The van der Waals surface area contributed by atoms with E-state index in [4.69, 9.17) is 4.74 Å². The molecule has 1 atom stereocenters. The lowest BCUT2D eigenvalue weighted by Crippen LogP contribution is -2.43. The zero-order chi connectivity index (χ0) is 11.5. The summed E-state index contributed by atoms with van der Waals surface area (Å²) in [4.78, 5) is 22.8. The van der Waals surface area contributed by atoms with Gasteiger partial charge in [0.2, 0.25) is 0 Å². The van der Waals surface area contributed by atoms with E-state index >= 15 is 0 Å². The van der Waals surface area contributed by atoms with E-state index in [2.05, 4.69) is 5.32 Å². The normalized spacial score (nSPS) is 22.3. The van der Waals surface area contributed by atoms with Crippen molar-refractivity contribution in [2.75, 3.05) is 0 Å². The molecule has 1 saturated carbocycles. The van der Waals surface area contributed by atoms with Gasteiger partial charge in [0.25, 0.3) is 0 Å². The number of carbonyl (C=O) groups is 2. The van der Waals surface area contributed by atoms with Crippen molar-refractivity contribution in [3.05, 3.63) is 0 Å². The quantitative estimate of drug-likeness (QED) is 0.725. The van der Waals surface area contributed by atoms with E-state index in [-0.39, 0.29) is 11.3 Å². The molecule has 0 unspecified atom stereocenters. The first-order valence-corrected chi connectivity index (χ1v) is 5.40. The standard InChI is InChI=1S/C11H19NO3/c1-11(2,3)12-10(14)15-9-7-5-4-6-8(9)13/h9H,4-7H2,1-3H3,(H,12,14)/t9-/m0/s1. The van der Waals surface area contributed by atoms with Crippen molar-refractivity contribution in [1.82, 2.24) is 5.32 Å². The van der Waals surface area contributed by atoms with E-state index in [0.29, 0.717) is 12.8 Å². The highest BCUT2D eigenvalue weighted by Gasteiger charge is 2.26. The molecule has 1 rings (SSSR count). The SMILES string of the molecule is CC(C)(C)NC(=O)O[C@H]1CCCCC1=O. The molecule has 0 aromatic heterocycles. The van der Waals surface area contributed by atoms with E-state index in [1.165, 1.54) is 0 Å². The Morgan fingerprint density at radius 2 is 2.07 bits per heavy atom. The summed E-state index contributed by atoms with van der Waals surface area (Å²) in [6.45, 7) is 5.62. The molecule has 86 valence electrons. The van der Waals surface area contributed by atoms with Crippen LogP contribution in [-0.4, -0.2) is 23.5 Å². The van der Waals surface area contributed by atoms with Gasteiger partial charge in [-0.25, -0.2) is 4.79 Å². The first-order chi connectivity index (χ1) is 6.88. The van der Waals surface area contributed by atoms with Crippen molar-refractivity contribution in [1.29, 1.82) is 0 Å². The van der Waals surface area contributed by atoms with E-state index in [9.17, 15) is 9.59 Å². The fourth-order valence-corrected chi connectivity index (χ4v) is 1.54. The van der Waals surface area contributed by atoms with Gasteiger partial charge in [0.1, 0.15) is 0 Å². The third kappa shape index (κ3) is 4.32. The van der Waals surface area contributed by atoms with Crippen LogP contribution < -0.4 is 5.32 Å². The van der Waals surface area contributed by atoms with Crippen molar-refractivity contribution >= 4 is 11.9 Å². The Hall–Kier alpha value is -1.06. The Morgan fingerprint density at radius 1 is 1.40 bits per heavy atom. The Kier molecular flexibility index (Phi) is 3.72. The van der Waals surface area contributed by atoms with Crippen LogP contribution in [0.2, 0.25) is 0 Å². The lowest BCUT2D eigenvalue weighted by atomic mass is 9.96. The van der Waals surface area contributed by atoms with Gasteiger partial charge in [0, 0.05) is 12.0 Å². The molecular weight excluding hydrogens is 194 g/mol. The number of ether oxygens (including phenoxy) is 1. The molecule has 1 N–H and O–H groups in total. The van der Waals surface area contributed by atoms with Crippen molar-refractivity contribution in [2.45, 2.75) is 58.1 Å². The lowest BCUT2D eigenvalue weighted by Gasteiger charge is -2.24. The van der Waals surface area contributed by atoms with E-state index in [1.807, 2.05) is 20.8 Å². The van der Waals surface area contributed by atoms with Crippen LogP contribution in [0.15, 0.2) is 0 Å².